The van der Waals surface area contributed by atoms with Crippen LogP contribution in [-0.2, 0) is 72.4 Å². The smallest absolute Gasteiger partial charge is 0.338 e. The maximum atomic E-state index is 14.1. The Morgan fingerprint density at radius 2 is 0.593 bits per heavy atom. The zero-order valence-electron chi connectivity index (χ0n) is 44.3. The van der Waals surface area contributed by atoms with Crippen LogP contribution in [0.15, 0.2) is 121 Å². The Balaban J connectivity index is 0.853. The van der Waals surface area contributed by atoms with Crippen molar-refractivity contribution in [2.45, 2.75) is 52.6 Å². The van der Waals surface area contributed by atoms with E-state index in [2.05, 4.69) is 9.47 Å². The molecule has 0 radical (unpaired) electrons. The number of hydrogen-bond donors (Lipinski definition) is 0. The number of benzene rings is 6. The van der Waals surface area contributed by atoms with Gasteiger partial charge in [-0.25, -0.2) is 33.6 Å². The molecule has 20 heteroatoms. The molecule has 0 saturated heterocycles. The van der Waals surface area contributed by atoms with Crippen LogP contribution in [0.5, 0.6) is 0 Å². The first-order chi connectivity index (χ1) is 39.1. The molecule has 0 saturated carbocycles. The van der Waals surface area contributed by atoms with Crippen molar-refractivity contribution in [3.05, 3.63) is 210 Å². The molecule has 9 rings (SSSR count). The first-order valence-corrected chi connectivity index (χ1v) is 25.7. The maximum absolute atomic E-state index is 14.1. The minimum atomic E-state index is -0.736. The number of ether oxygens (including phenoxy) is 7. The van der Waals surface area contributed by atoms with Gasteiger partial charge in [0, 0.05) is 56.0 Å². The van der Waals surface area contributed by atoms with Crippen molar-refractivity contribution in [3.8, 4) is 0 Å². The first kappa shape index (κ1) is 55.8. The van der Waals surface area contributed by atoms with Crippen LogP contribution >= 0.6 is 0 Å². The van der Waals surface area contributed by atoms with Crippen molar-refractivity contribution in [2.75, 3.05) is 47.3 Å². The topological polar surface area (TPSA) is 245 Å². The summed E-state index contributed by atoms with van der Waals surface area (Å²) in [5, 5.41) is 0. The van der Waals surface area contributed by atoms with E-state index in [9.17, 15) is 47.9 Å². The zero-order chi connectivity index (χ0) is 57.3. The molecular weight excluding hydrogens is 1050 g/mol. The third-order valence-electron chi connectivity index (χ3n) is 13.5. The van der Waals surface area contributed by atoms with Crippen LogP contribution in [0.25, 0.3) is 0 Å². The predicted octanol–water partition coefficient (Wildman–Crippen LogP) is 7.32. The van der Waals surface area contributed by atoms with Gasteiger partial charge < -0.3 is 47.9 Å². The predicted molar refractivity (Wildman–Crippen MR) is 284 cm³/mol. The van der Waals surface area contributed by atoms with Crippen molar-refractivity contribution in [1.29, 1.82) is 0 Å². The number of carbonyl (C=O) groups is 10. The fraction of sp³-hybridized carbons (Fsp3) is 0.246. The van der Waals surface area contributed by atoms with Crippen LogP contribution < -0.4 is 0 Å². The number of fused-ring (bicyclic) bond motifs is 3. The molecule has 0 aliphatic carbocycles. The van der Waals surface area contributed by atoms with Gasteiger partial charge in [-0.3, -0.25) is 14.4 Å². The van der Waals surface area contributed by atoms with Crippen LogP contribution in [0.3, 0.4) is 0 Å². The standard InChI is InChI=1S/C61H53N3O17/c1-4-19-77-59(72)43-13-16-46-33-62(52(65)49(46)27-43)30-36-24-37(31-63-34-47-17-14-44(28-50(47)53(63)66)60(73)80-22-20-78-57(70)41-9-5-39(6-10-41)55(68)75-2)26-38(25-36)32-64-35-48-18-15-45(29-51(48)54(64)67)61(74)81-23-21-79-58(71)42-11-7-40(8-12-42)56(69)76-3/h5-18,24-29H,4,19-23,30-35H2,1-3H3. The summed E-state index contributed by atoms with van der Waals surface area (Å²) in [6, 6.07) is 31.3. The van der Waals surface area contributed by atoms with Gasteiger partial charge in [-0.2, -0.15) is 0 Å². The van der Waals surface area contributed by atoms with Gasteiger partial charge in [-0.1, -0.05) is 43.3 Å². The monoisotopic (exact) mass is 1100 g/mol. The van der Waals surface area contributed by atoms with Crippen molar-refractivity contribution >= 4 is 59.5 Å². The summed E-state index contributed by atoms with van der Waals surface area (Å²) in [5.74, 6) is -5.46. The van der Waals surface area contributed by atoms with Crippen molar-refractivity contribution in [3.63, 3.8) is 0 Å². The van der Waals surface area contributed by atoms with E-state index < -0.39 is 41.8 Å². The molecule has 0 atom stereocenters. The molecule has 81 heavy (non-hydrogen) atoms. The third kappa shape index (κ3) is 12.8. The largest absolute Gasteiger partial charge is 0.465 e. The molecule has 3 aliphatic rings. The Hall–Kier alpha value is -9.98. The molecule has 0 bridgehead atoms. The van der Waals surface area contributed by atoms with Gasteiger partial charge >= 0.3 is 41.8 Å². The number of esters is 7. The Labute approximate surface area is 464 Å². The summed E-state index contributed by atoms with van der Waals surface area (Å²) in [6.45, 7) is 2.17. The highest BCUT2D eigenvalue weighted by Gasteiger charge is 2.33. The fourth-order valence-electron chi connectivity index (χ4n) is 9.49. The lowest BCUT2D eigenvalue weighted by Crippen LogP contribution is -2.26. The number of carbonyl (C=O) groups excluding carboxylic acids is 10. The SMILES string of the molecule is CCCOC(=O)c1ccc2c(c1)C(=O)N(Cc1cc(CN3Cc4ccc(C(=O)OCCOC(=O)c5ccc(C(=O)OC)cc5)cc4C3=O)cc(CN3Cc4ccc(C(=O)OCCOC(=O)c5ccc(C(=O)OC)cc5)cc4C3=O)c1)C2. The van der Waals surface area contributed by atoms with E-state index >= 15 is 0 Å². The summed E-state index contributed by atoms with van der Waals surface area (Å²) < 4.78 is 35.8. The first-order valence-electron chi connectivity index (χ1n) is 25.7. The number of methoxy groups -OCH3 is 2. The number of nitrogens with zero attached hydrogens (tertiary/aromatic N) is 3. The molecule has 20 nitrogen and oxygen atoms in total. The second-order valence-electron chi connectivity index (χ2n) is 19.1. The second-order valence-corrected chi connectivity index (χ2v) is 19.1. The van der Waals surface area contributed by atoms with Gasteiger partial charge in [0.05, 0.1) is 59.8 Å². The molecule has 3 heterocycles. The van der Waals surface area contributed by atoms with Crippen LogP contribution in [0, 0.1) is 0 Å². The molecule has 0 unspecified atom stereocenters. The Morgan fingerprint density at radius 1 is 0.346 bits per heavy atom. The number of hydrogen-bond acceptors (Lipinski definition) is 17. The van der Waals surface area contributed by atoms with Gasteiger partial charge in [-0.05, 0) is 125 Å². The minimum Gasteiger partial charge on any atom is -0.465 e. The van der Waals surface area contributed by atoms with E-state index in [0.717, 1.165) is 5.56 Å². The summed E-state index contributed by atoms with van der Waals surface area (Å²) in [4.78, 5) is 134. The van der Waals surface area contributed by atoms with Crippen LogP contribution in [-0.4, -0.2) is 121 Å². The van der Waals surface area contributed by atoms with Gasteiger partial charge in [-0.15, -0.1) is 0 Å². The van der Waals surface area contributed by atoms with Crippen LogP contribution in [0.1, 0.15) is 150 Å². The zero-order valence-corrected chi connectivity index (χ0v) is 44.3. The normalized spacial score (nSPS) is 13.0. The van der Waals surface area contributed by atoms with Gasteiger partial charge in [0.15, 0.2) is 0 Å². The van der Waals surface area contributed by atoms with E-state index in [1.165, 1.54) is 74.9 Å². The molecule has 0 aromatic heterocycles. The van der Waals surface area contributed by atoms with E-state index in [1.807, 2.05) is 25.1 Å². The summed E-state index contributed by atoms with van der Waals surface area (Å²) in [6.07, 6.45) is 0.644. The van der Waals surface area contributed by atoms with Crippen molar-refractivity contribution in [2.24, 2.45) is 0 Å². The van der Waals surface area contributed by atoms with E-state index in [-0.39, 0.29) is 129 Å². The van der Waals surface area contributed by atoms with Crippen LogP contribution in [0.4, 0.5) is 0 Å². The third-order valence-corrected chi connectivity index (χ3v) is 13.5. The molecule has 0 N–H and O–H groups in total. The molecule has 6 aromatic rings. The number of amides is 3. The maximum Gasteiger partial charge on any atom is 0.338 e. The average molecular weight is 1100 g/mol. The van der Waals surface area contributed by atoms with Gasteiger partial charge in [0.1, 0.15) is 26.4 Å². The average Bonchev–Trinajstić information content (AvgIpc) is 4.31. The van der Waals surface area contributed by atoms with Crippen molar-refractivity contribution < 1.29 is 81.1 Å². The van der Waals surface area contributed by atoms with E-state index in [0.29, 0.717) is 50.9 Å². The summed E-state index contributed by atoms with van der Waals surface area (Å²) in [5.41, 5.74) is 6.54. The quantitative estimate of drug-likeness (QED) is 0.0389. The second kappa shape index (κ2) is 24.8. The van der Waals surface area contributed by atoms with Crippen molar-refractivity contribution in [1.82, 2.24) is 14.7 Å². The molecule has 3 aliphatic heterocycles. The Morgan fingerprint density at radius 3 is 0.864 bits per heavy atom. The molecule has 414 valence electrons. The van der Waals surface area contributed by atoms with E-state index in [4.69, 9.17) is 23.7 Å². The fourth-order valence-corrected chi connectivity index (χ4v) is 9.49. The number of rotatable bonds is 21. The summed E-state index contributed by atoms with van der Waals surface area (Å²) in [7, 11) is 2.49. The lowest BCUT2D eigenvalue weighted by atomic mass is 10.0. The highest BCUT2D eigenvalue weighted by molar-refractivity contribution is 6.03. The highest BCUT2D eigenvalue weighted by Crippen LogP contribution is 2.31. The lowest BCUT2D eigenvalue weighted by molar-refractivity contribution is 0.0265. The molecule has 3 amide bonds. The minimum absolute atomic E-state index is 0.112. The van der Waals surface area contributed by atoms with E-state index in [1.54, 1.807) is 57.2 Å². The summed E-state index contributed by atoms with van der Waals surface area (Å²) >= 11 is 0. The van der Waals surface area contributed by atoms with Crippen LogP contribution in [0.2, 0.25) is 0 Å². The molecule has 0 spiro atoms. The molecule has 0 fully saturated rings. The van der Waals surface area contributed by atoms with Gasteiger partial charge in [0.25, 0.3) is 17.7 Å². The lowest BCUT2D eigenvalue weighted by Gasteiger charge is -2.22. The Bertz CT molecular complexity index is 3340. The molecule has 6 aromatic carbocycles. The van der Waals surface area contributed by atoms with Gasteiger partial charge in [0.2, 0.25) is 0 Å². The highest BCUT2D eigenvalue weighted by atomic mass is 16.6. The molecular formula is C61H53N3O17. The Kier molecular flexibility index (Phi) is 17.1.